The van der Waals surface area contributed by atoms with E-state index in [9.17, 15) is 9.59 Å². The van der Waals surface area contributed by atoms with Crippen LogP contribution in [0.5, 0.6) is 0 Å². The second kappa shape index (κ2) is 5.42. The van der Waals surface area contributed by atoms with E-state index >= 15 is 0 Å². The summed E-state index contributed by atoms with van der Waals surface area (Å²) in [5, 5.41) is 9.51. The van der Waals surface area contributed by atoms with E-state index in [-0.39, 0.29) is 17.9 Å². The molecule has 0 aliphatic carbocycles. The second-order valence-corrected chi connectivity index (χ2v) is 6.12. The molecule has 0 unspecified atom stereocenters. The van der Waals surface area contributed by atoms with Gasteiger partial charge in [-0.2, -0.15) is 0 Å². The van der Waals surface area contributed by atoms with Gasteiger partial charge in [0.1, 0.15) is 10.6 Å². The SMILES string of the molecule is CCc1c(C)sc2ncn(Cc3ccc(C(=O)O)o3)c(=O)c12. The third-order valence-electron chi connectivity index (χ3n) is 3.53. The van der Waals surface area contributed by atoms with E-state index in [4.69, 9.17) is 9.52 Å². The van der Waals surface area contributed by atoms with Crippen LogP contribution >= 0.6 is 11.3 Å². The van der Waals surface area contributed by atoms with Crippen LogP contribution < -0.4 is 5.56 Å². The Kier molecular flexibility index (Phi) is 3.58. The highest BCUT2D eigenvalue weighted by Crippen LogP contribution is 2.27. The van der Waals surface area contributed by atoms with Crippen LogP contribution in [0.2, 0.25) is 0 Å². The zero-order chi connectivity index (χ0) is 15.9. The van der Waals surface area contributed by atoms with Gasteiger partial charge in [0.05, 0.1) is 18.3 Å². The van der Waals surface area contributed by atoms with Gasteiger partial charge in [-0.1, -0.05) is 6.92 Å². The third kappa shape index (κ3) is 2.33. The monoisotopic (exact) mass is 318 g/mol. The highest BCUT2D eigenvalue weighted by molar-refractivity contribution is 7.18. The van der Waals surface area contributed by atoms with Gasteiger partial charge < -0.3 is 9.52 Å². The van der Waals surface area contributed by atoms with Crippen LogP contribution in [0.25, 0.3) is 10.2 Å². The molecule has 0 fully saturated rings. The summed E-state index contributed by atoms with van der Waals surface area (Å²) in [6, 6.07) is 2.93. The van der Waals surface area contributed by atoms with Crippen molar-refractivity contribution in [3.63, 3.8) is 0 Å². The fourth-order valence-electron chi connectivity index (χ4n) is 2.48. The van der Waals surface area contributed by atoms with E-state index in [0.717, 1.165) is 21.7 Å². The van der Waals surface area contributed by atoms with Gasteiger partial charge in [-0.25, -0.2) is 9.78 Å². The van der Waals surface area contributed by atoms with Crippen LogP contribution in [0.1, 0.15) is 33.7 Å². The van der Waals surface area contributed by atoms with E-state index in [1.807, 2.05) is 13.8 Å². The Morgan fingerprint density at radius 3 is 2.86 bits per heavy atom. The average Bonchev–Trinajstić information content (AvgIpc) is 3.06. The van der Waals surface area contributed by atoms with Crippen LogP contribution in [0.15, 0.2) is 27.7 Å². The van der Waals surface area contributed by atoms with Crippen LogP contribution in [0.3, 0.4) is 0 Å². The number of nitrogens with zero attached hydrogens (tertiary/aromatic N) is 2. The number of rotatable bonds is 4. The summed E-state index contributed by atoms with van der Waals surface area (Å²) in [6.07, 6.45) is 2.25. The fraction of sp³-hybridized carbons (Fsp3) is 0.267. The van der Waals surface area contributed by atoms with Crippen LogP contribution in [0, 0.1) is 6.92 Å². The van der Waals surface area contributed by atoms with Crippen molar-refractivity contribution >= 4 is 27.5 Å². The van der Waals surface area contributed by atoms with Gasteiger partial charge in [-0.15, -0.1) is 11.3 Å². The zero-order valence-corrected chi connectivity index (χ0v) is 12.9. The standard InChI is InChI=1S/C15H14N2O4S/c1-3-10-8(2)22-13-12(10)14(18)17(7-16-13)6-9-4-5-11(21-9)15(19)20/h4-5,7H,3,6H2,1-2H3,(H,19,20). The first-order valence-corrected chi connectivity index (χ1v) is 7.62. The Hall–Kier alpha value is -2.41. The van der Waals surface area contributed by atoms with Crippen molar-refractivity contribution in [3.05, 3.63) is 50.8 Å². The number of carboxylic acids is 1. The number of aromatic nitrogens is 2. The fourth-order valence-corrected chi connectivity index (χ4v) is 3.55. The normalized spacial score (nSPS) is 11.2. The second-order valence-electron chi connectivity index (χ2n) is 4.92. The molecule has 1 N–H and O–H groups in total. The minimum Gasteiger partial charge on any atom is -0.475 e. The molecule has 0 saturated heterocycles. The molecule has 7 heteroatoms. The van der Waals surface area contributed by atoms with Gasteiger partial charge in [0.15, 0.2) is 0 Å². The minimum absolute atomic E-state index is 0.125. The molecule has 6 nitrogen and oxygen atoms in total. The maximum atomic E-state index is 12.6. The summed E-state index contributed by atoms with van der Waals surface area (Å²) in [7, 11) is 0. The highest BCUT2D eigenvalue weighted by atomic mass is 32.1. The number of carbonyl (C=O) groups is 1. The summed E-state index contributed by atoms with van der Waals surface area (Å²) in [5.41, 5.74) is 0.900. The molecule has 114 valence electrons. The largest absolute Gasteiger partial charge is 0.475 e. The van der Waals surface area contributed by atoms with Gasteiger partial charge in [0.25, 0.3) is 5.56 Å². The molecule has 0 aliphatic heterocycles. The third-order valence-corrected chi connectivity index (χ3v) is 4.59. The lowest BCUT2D eigenvalue weighted by molar-refractivity contribution is 0.0660. The van der Waals surface area contributed by atoms with E-state index in [2.05, 4.69) is 4.98 Å². The van der Waals surface area contributed by atoms with Crippen molar-refractivity contribution in [1.82, 2.24) is 9.55 Å². The number of fused-ring (bicyclic) bond motifs is 1. The lowest BCUT2D eigenvalue weighted by atomic mass is 10.1. The molecule has 22 heavy (non-hydrogen) atoms. The molecule has 0 bridgehead atoms. The number of hydrogen-bond donors (Lipinski definition) is 1. The number of thiophene rings is 1. The molecule has 0 amide bonds. The summed E-state index contributed by atoms with van der Waals surface area (Å²) >= 11 is 1.51. The van der Waals surface area contributed by atoms with Crippen molar-refractivity contribution < 1.29 is 14.3 Å². The predicted octanol–water partition coefficient (Wildman–Crippen LogP) is 2.67. The molecule has 3 rings (SSSR count). The Labute approximate surface area is 129 Å². The summed E-state index contributed by atoms with van der Waals surface area (Å²) in [5.74, 6) is -0.864. The van der Waals surface area contributed by atoms with E-state index in [1.54, 1.807) is 6.07 Å². The molecule has 0 radical (unpaired) electrons. The van der Waals surface area contributed by atoms with Gasteiger partial charge in [-0.3, -0.25) is 9.36 Å². The summed E-state index contributed by atoms with van der Waals surface area (Å²) < 4.78 is 6.64. The molecule has 0 aliphatic rings. The van der Waals surface area contributed by atoms with Crippen LogP contribution in [-0.4, -0.2) is 20.6 Å². The van der Waals surface area contributed by atoms with Crippen molar-refractivity contribution in [1.29, 1.82) is 0 Å². The first kappa shape index (κ1) is 14.5. The van der Waals surface area contributed by atoms with Crippen molar-refractivity contribution in [2.75, 3.05) is 0 Å². The maximum Gasteiger partial charge on any atom is 0.371 e. The minimum atomic E-state index is -1.13. The number of furan rings is 1. The Bertz CT molecular complexity index is 919. The van der Waals surface area contributed by atoms with Crippen molar-refractivity contribution in [2.45, 2.75) is 26.8 Å². The molecule has 0 saturated carbocycles. The molecule has 3 aromatic heterocycles. The molecular formula is C15H14N2O4S. The molecule has 3 heterocycles. The van der Waals surface area contributed by atoms with Gasteiger partial charge in [0, 0.05) is 4.88 Å². The number of aryl methyl sites for hydroxylation is 2. The molecule has 3 aromatic rings. The van der Waals surface area contributed by atoms with Gasteiger partial charge in [0.2, 0.25) is 5.76 Å². The van der Waals surface area contributed by atoms with Crippen LogP contribution in [0.4, 0.5) is 0 Å². The van der Waals surface area contributed by atoms with E-state index in [0.29, 0.717) is 11.1 Å². The smallest absolute Gasteiger partial charge is 0.371 e. The summed E-state index contributed by atoms with van der Waals surface area (Å²) in [4.78, 5) is 29.6. The quantitative estimate of drug-likeness (QED) is 0.799. The average molecular weight is 318 g/mol. The van der Waals surface area contributed by atoms with E-state index < -0.39 is 5.97 Å². The first-order valence-electron chi connectivity index (χ1n) is 6.80. The number of carboxylic acid groups (broad SMARTS) is 1. The number of aromatic carboxylic acids is 1. The number of hydrogen-bond acceptors (Lipinski definition) is 5. The Morgan fingerprint density at radius 2 is 2.23 bits per heavy atom. The lowest BCUT2D eigenvalue weighted by Gasteiger charge is -2.03. The topological polar surface area (TPSA) is 85.3 Å². The summed E-state index contributed by atoms with van der Waals surface area (Å²) in [6.45, 7) is 4.16. The molecule has 0 atom stereocenters. The van der Waals surface area contributed by atoms with Crippen molar-refractivity contribution in [2.24, 2.45) is 0 Å². The zero-order valence-electron chi connectivity index (χ0n) is 12.1. The van der Waals surface area contributed by atoms with Crippen molar-refractivity contribution in [3.8, 4) is 0 Å². The van der Waals surface area contributed by atoms with Gasteiger partial charge >= 0.3 is 5.97 Å². The molecule has 0 aromatic carbocycles. The molecule has 0 spiro atoms. The lowest BCUT2D eigenvalue weighted by Crippen LogP contribution is -2.21. The maximum absolute atomic E-state index is 12.6. The highest BCUT2D eigenvalue weighted by Gasteiger charge is 2.15. The molecular weight excluding hydrogens is 304 g/mol. The van der Waals surface area contributed by atoms with Gasteiger partial charge in [-0.05, 0) is 31.0 Å². The van der Waals surface area contributed by atoms with E-state index in [1.165, 1.54) is 28.3 Å². The van der Waals surface area contributed by atoms with Crippen LogP contribution in [-0.2, 0) is 13.0 Å². The Morgan fingerprint density at radius 1 is 1.45 bits per heavy atom. The first-order chi connectivity index (χ1) is 10.5. The Balaban J connectivity index is 2.05. The predicted molar refractivity (Wildman–Crippen MR) is 82.8 cm³/mol.